The number of carboxylic acid groups (broad SMARTS) is 1. The first-order valence-corrected chi connectivity index (χ1v) is 6.28. The third-order valence-electron chi connectivity index (χ3n) is 2.98. The molecule has 1 aromatic carbocycles. The van der Waals surface area contributed by atoms with Crippen molar-refractivity contribution in [3.63, 3.8) is 0 Å². The number of aromatic carboxylic acids is 1. The van der Waals surface area contributed by atoms with Gasteiger partial charge in [0.1, 0.15) is 12.2 Å². The number of carbonyl (C=O) groups is 1. The number of hydrogen-bond donors (Lipinski definition) is 1. The molecular weight excluding hydrogens is 272 g/mol. The van der Waals surface area contributed by atoms with Crippen molar-refractivity contribution in [3.8, 4) is 11.3 Å². The topological polar surface area (TPSA) is 94.0 Å². The molecule has 0 saturated carbocycles. The van der Waals surface area contributed by atoms with Crippen LogP contribution in [-0.4, -0.2) is 31.2 Å². The van der Waals surface area contributed by atoms with E-state index in [1.54, 1.807) is 6.07 Å². The van der Waals surface area contributed by atoms with E-state index in [0.29, 0.717) is 5.76 Å². The van der Waals surface area contributed by atoms with Gasteiger partial charge in [0.2, 0.25) is 0 Å². The number of carboxylic acids is 1. The molecule has 0 aliphatic rings. The summed E-state index contributed by atoms with van der Waals surface area (Å²) < 4.78 is 6.63. The Morgan fingerprint density at radius 1 is 1.33 bits per heavy atom. The molecule has 7 nitrogen and oxygen atoms in total. The molecule has 3 aromatic rings. The van der Waals surface area contributed by atoms with Crippen LogP contribution in [0.5, 0.6) is 0 Å². The van der Waals surface area contributed by atoms with Gasteiger partial charge in [-0.1, -0.05) is 40.2 Å². The van der Waals surface area contributed by atoms with Gasteiger partial charge in [0.15, 0.2) is 11.5 Å². The van der Waals surface area contributed by atoms with Crippen LogP contribution in [0.3, 0.4) is 0 Å². The summed E-state index contributed by atoms with van der Waals surface area (Å²) in [5.74, 6) is -0.536. The fraction of sp³-hybridized carbons (Fsp3) is 0.143. The lowest BCUT2D eigenvalue weighted by Gasteiger charge is -1.95. The van der Waals surface area contributed by atoms with E-state index < -0.39 is 5.97 Å². The van der Waals surface area contributed by atoms with Crippen LogP contribution < -0.4 is 0 Å². The minimum Gasteiger partial charge on any atom is -0.476 e. The van der Waals surface area contributed by atoms with Crippen molar-refractivity contribution in [2.24, 2.45) is 0 Å². The zero-order valence-electron chi connectivity index (χ0n) is 11.2. The van der Waals surface area contributed by atoms with Crippen molar-refractivity contribution in [1.29, 1.82) is 0 Å². The van der Waals surface area contributed by atoms with E-state index in [-0.39, 0.29) is 12.2 Å². The standard InChI is InChI=1S/C14H12N4O3/c1-9-2-4-10(5-3-9)12-6-11(21-16-12)7-18-8-13(14(19)20)15-17-18/h2-6,8H,7H2,1H3,(H,19,20). The van der Waals surface area contributed by atoms with Gasteiger partial charge in [0.25, 0.3) is 0 Å². The summed E-state index contributed by atoms with van der Waals surface area (Å²) in [5, 5.41) is 20.1. The first kappa shape index (κ1) is 13.0. The van der Waals surface area contributed by atoms with Crippen molar-refractivity contribution in [2.45, 2.75) is 13.5 Å². The first-order valence-electron chi connectivity index (χ1n) is 6.28. The number of rotatable bonds is 4. The molecule has 0 fully saturated rings. The summed E-state index contributed by atoms with van der Waals surface area (Å²) in [6, 6.07) is 9.73. The monoisotopic (exact) mass is 284 g/mol. The Labute approximate surface area is 119 Å². The molecule has 0 radical (unpaired) electrons. The second kappa shape index (κ2) is 5.20. The zero-order chi connectivity index (χ0) is 14.8. The van der Waals surface area contributed by atoms with Crippen molar-refractivity contribution in [1.82, 2.24) is 20.2 Å². The van der Waals surface area contributed by atoms with Crippen LogP contribution in [0.15, 0.2) is 41.1 Å². The van der Waals surface area contributed by atoms with Gasteiger partial charge in [0.05, 0.1) is 6.20 Å². The summed E-state index contributed by atoms with van der Waals surface area (Å²) in [6.07, 6.45) is 1.34. The number of benzene rings is 1. The average molecular weight is 284 g/mol. The number of aryl methyl sites for hydroxylation is 1. The van der Waals surface area contributed by atoms with E-state index in [1.165, 1.54) is 16.4 Å². The van der Waals surface area contributed by atoms with Gasteiger partial charge in [-0.2, -0.15) is 0 Å². The molecule has 1 N–H and O–H groups in total. The molecule has 0 unspecified atom stereocenters. The molecule has 0 spiro atoms. The predicted octanol–water partition coefficient (Wildman–Crippen LogP) is 1.99. The summed E-state index contributed by atoms with van der Waals surface area (Å²) in [5.41, 5.74) is 2.75. The Morgan fingerprint density at radius 2 is 2.10 bits per heavy atom. The molecule has 21 heavy (non-hydrogen) atoms. The maximum absolute atomic E-state index is 10.7. The highest BCUT2D eigenvalue weighted by molar-refractivity contribution is 5.84. The Hall–Kier alpha value is -2.96. The van der Waals surface area contributed by atoms with E-state index >= 15 is 0 Å². The lowest BCUT2D eigenvalue weighted by atomic mass is 10.1. The molecule has 2 aromatic heterocycles. The second-order valence-corrected chi connectivity index (χ2v) is 4.65. The number of aromatic nitrogens is 4. The summed E-state index contributed by atoms with van der Waals surface area (Å²) >= 11 is 0. The molecule has 0 aliphatic carbocycles. The van der Waals surface area contributed by atoms with Crippen LogP contribution >= 0.6 is 0 Å². The van der Waals surface area contributed by atoms with Gasteiger partial charge in [-0.25, -0.2) is 9.48 Å². The van der Waals surface area contributed by atoms with Gasteiger partial charge >= 0.3 is 5.97 Å². The Kier molecular flexibility index (Phi) is 3.23. The number of nitrogens with zero attached hydrogens (tertiary/aromatic N) is 4. The van der Waals surface area contributed by atoms with Gasteiger partial charge in [-0.3, -0.25) is 0 Å². The van der Waals surface area contributed by atoms with Gasteiger partial charge in [0, 0.05) is 11.6 Å². The predicted molar refractivity (Wildman–Crippen MR) is 72.8 cm³/mol. The van der Waals surface area contributed by atoms with Crippen LogP contribution in [0.2, 0.25) is 0 Å². The lowest BCUT2D eigenvalue weighted by Crippen LogP contribution is -1.99. The normalized spacial score (nSPS) is 10.7. The fourth-order valence-corrected chi connectivity index (χ4v) is 1.88. The molecule has 2 heterocycles. The highest BCUT2D eigenvalue weighted by Gasteiger charge is 2.11. The fourth-order valence-electron chi connectivity index (χ4n) is 1.88. The van der Waals surface area contributed by atoms with E-state index in [9.17, 15) is 4.79 Å². The van der Waals surface area contributed by atoms with Gasteiger partial charge < -0.3 is 9.63 Å². The quantitative estimate of drug-likeness (QED) is 0.787. The Bertz CT molecular complexity index is 774. The highest BCUT2D eigenvalue weighted by atomic mass is 16.5. The first-order chi connectivity index (χ1) is 10.1. The Morgan fingerprint density at radius 3 is 2.76 bits per heavy atom. The molecular formula is C14H12N4O3. The molecule has 0 amide bonds. The summed E-state index contributed by atoms with van der Waals surface area (Å²) in [7, 11) is 0. The minimum absolute atomic E-state index is 0.103. The van der Waals surface area contributed by atoms with Crippen LogP contribution in [0.4, 0.5) is 0 Å². The Balaban J connectivity index is 1.78. The van der Waals surface area contributed by atoms with Crippen LogP contribution in [-0.2, 0) is 6.54 Å². The van der Waals surface area contributed by atoms with Crippen LogP contribution in [0.1, 0.15) is 21.8 Å². The summed E-state index contributed by atoms with van der Waals surface area (Å²) in [6.45, 7) is 2.29. The molecule has 0 saturated heterocycles. The van der Waals surface area contributed by atoms with E-state index in [1.807, 2.05) is 31.2 Å². The van der Waals surface area contributed by atoms with E-state index in [0.717, 1.165) is 11.3 Å². The maximum Gasteiger partial charge on any atom is 0.358 e. The molecule has 106 valence electrons. The molecule has 0 atom stereocenters. The van der Waals surface area contributed by atoms with Crippen LogP contribution in [0.25, 0.3) is 11.3 Å². The molecule has 0 aliphatic heterocycles. The smallest absolute Gasteiger partial charge is 0.358 e. The lowest BCUT2D eigenvalue weighted by molar-refractivity contribution is 0.0690. The van der Waals surface area contributed by atoms with E-state index in [2.05, 4.69) is 15.5 Å². The maximum atomic E-state index is 10.7. The molecule has 0 bridgehead atoms. The van der Waals surface area contributed by atoms with E-state index in [4.69, 9.17) is 9.63 Å². The van der Waals surface area contributed by atoms with Gasteiger partial charge in [-0.15, -0.1) is 5.10 Å². The third-order valence-corrected chi connectivity index (χ3v) is 2.98. The van der Waals surface area contributed by atoms with Crippen LogP contribution in [0, 0.1) is 6.92 Å². The van der Waals surface area contributed by atoms with Gasteiger partial charge in [-0.05, 0) is 6.92 Å². The zero-order valence-corrected chi connectivity index (χ0v) is 11.2. The van der Waals surface area contributed by atoms with Crippen molar-refractivity contribution in [3.05, 3.63) is 53.5 Å². The largest absolute Gasteiger partial charge is 0.476 e. The second-order valence-electron chi connectivity index (χ2n) is 4.65. The molecule has 7 heteroatoms. The molecule has 3 rings (SSSR count). The summed E-state index contributed by atoms with van der Waals surface area (Å²) in [4.78, 5) is 10.7. The number of hydrogen-bond acceptors (Lipinski definition) is 5. The SMILES string of the molecule is Cc1ccc(-c2cc(Cn3cc(C(=O)O)nn3)on2)cc1. The third kappa shape index (κ3) is 2.81. The van der Waals surface area contributed by atoms with Crippen molar-refractivity contribution in [2.75, 3.05) is 0 Å². The van der Waals surface area contributed by atoms with Crippen molar-refractivity contribution < 1.29 is 14.4 Å². The van der Waals surface area contributed by atoms with Crippen molar-refractivity contribution >= 4 is 5.97 Å². The minimum atomic E-state index is -1.11. The average Bonchev–Trinajstić information content (AvgIpc) is 3.10. The highest BCUT2D eigenvalue weighted by Crippen LogP contribution is 2.19.